The standard InChI is InChI=1S/C17H30N4O3/c1-17(2,3)24-16(22)20-14-10-12(18)13(11-15(14)23-6)19-8-7-9-21(4)5/h10-11,19H,7-9,18H2,1-6H3,(H,20,22). The number of hydrogen-bond acceptors (Lipinski definition) is 6. The lowest BCUT2D eigenvalue weighted by molar-refractivity contribution is 0.0635. The van der Waals surface area contributed by atoms with Gasteiger partial charge in [0.1, 0.15) is 11.4 Å². The fraction of sp³-hybridized carbons (Fsp3) is 0.588. The van der Waals surface area contributed by atoms with Crippen molar-refractivity contribution in [2.24, 2.45) is 0 Å². The van der Waals surface area contributed by atoms with E-state index in [1.807, 2.05) is 14.1 Å². The summed E-state index contributed by atoms with van der Waals surface area (Å²) in [6.07, 6.45) is 0.444. The predicted octanol–water partition coefficient (Wildman–Crippen LogP) is 2.99. The summed E-state index contributed by atoms with van der Waals surface area (Å²) in [6.45, 7) is 7.20. The van der Waals surface area contributed by atoms with E-state index < -0.39 is 11.7 Å². The summed E-state index contributed by atoms with van der Waals surface area (Å²) < 4.78 is 10.6. The van der Waals surface area contributed by atoms with Crippen molar-refractivity contribution in [2.75, 3.05) is 50.7 Å². The molecule has 0 fully saturated rings. The number of carbonyl (C=O) groups is 1. The number of nitrogen functional groups attached to an aromatic ring is 1. The second-order valence-corrected chi connectivity index (χ2v) is 6.85. The number of carbonyl (C=O) groups excluding carboxylic acids is 1. The van der Waals surface area contributed by atoms with E-state index in [9.17, 15) is 4.79 Å². The first-order chi connectivity index (χ1) is 11.1. The van der Waals surface area contributed by atoms with Gasteiger partial charge in [0.2, 0.25) is 0 Å². The van der Waals surface area contributed by atoms with E-state index in [1.54, 1.807) is 40.0 Å². The fourth-order valence-corrected chi connectivity index (χ4v) is 2.05. The van der Waals surface area contributed by atoms with E-state index in [4.69, 9.17) is 15.2 Å². The molecular formula is C17H30N4O3. The number of amides is 1. The normalized spacial score (nSPS) is 11.3. The molecule has 0 aliphatic rings. The number of nitrogens with one attached hydrogen (secondary N) is 2. The lowest BCUT2D eigenvalue weighted by atomic mass is 10.2. The SMILES string of the molecule is COc1cc(NCCCN(C)C)c(N)cc1NC(=O)OC(C)(C)C. The van der Waals surface area contributed by atoms with Crippen LogP contribution in [0.15, 0.2) is 12.1 Å². The van der Waals surface area contributed by atoms with Crippen molar-refractivity contribution in [3.05, 3.63) is 12.1 Å². The quantitative estimate of drug-likeness (QED) is 0.523. The van der Waals surface area contributed by atoms with E-state index in [0.717, 1.165) is 25.2 Å². The maximum Gasteiger partial charge on any atom is 0.412 e. The topological polar surface area (TPSA) is 88.9 Å². The molecule has 136 valence electrons. The highest BCUT2D eigenvalue weighted by atomic mass is 16.6. The number of benzene rings is 1. The highest BCUT2D eigenvalue weighted by molar-refractivity contribution is 5.90. The molecule has 1 aromatic carbocycles. The van der Waals surface area contributed by atoms with Crippen LogP contribution in [0.3, 0.4) is 0 Å². The summed E-state index contributed by atoms with van der Waals surface area (Å²) in [5, 5.41) is 5.95. The number of methoxy groups -OCH3 is 1. The third kappa shape index (κ3) is 6.95. The average molecular weight is 338 g/mol. The van der Waals surface area contributed by atoms with Gasteiger partial charge in [0, 0.05) is 12.6 Å². The summed E-state index contributed by atoms with van der Waals surface area (Å²) in [5.41, 5.74) is 7.28. The van der Waals surface area contributed by atoms with E-state index in [2.05, 4.69) is 15.5 Å². The molecule has 0 spiro atoms. The first-order valence-corrected chi connectivity index (χ1v) is 7.98. The molecule has 24 heavy (non-hydrogen) atoms. The monoisotopic (exact) mass is 338 g/mol. The first kappa shape index (κ1) is 19.9. The van der Waals surface area contributed by atoms with Crippen LogP contribution in [0.25, 0.3) is 0 Å². The van der Waals surface area contributed by atoms with Crippen molar-refractivity contribution < 1.29 is 14.3 Å². The number of nitrogens with zero attached hydrogens (tertiary/aromatic N) is 1. The van der Waals surface area contributed by atoms with Crippen molar-refractivity contribution in [1.82, 2.24) is 4.90 Å². The van der Waals surface area contributed by atoms with Gasteiger partial charge in [-0.3, -0.25) is 5.32 Å². The first-order valence-electron chi connectivity index (χ1n) is 7.98. The molecule has 0 aromatic heterocycles. The van der Waals surface area contributed by atoms with Crippen molar-refractivity contribution in [2.45, 2.75) is 32.8 Å². The minimum absolute atomic E-state index is 0.475. The van der Waals surface area contributed by atoms with Crippen LogP contribution in [0.4, 0.5) is 21.9 Å². The summed E-state index contributed by atoms with van der Waals surface area (Å²) >= 11 is 0. The molecular weight excluding hydrogens is 308 g/mol. The maximum atomic E-state index is 11.9. The number of nitrogens with two attached hydrogens (primary N) is 1. The molecule has 0 bridgehead atoms. The van der Waals surface area contributed by atoms with Crippen LogP contribution in [0.5, 0.6) is 5.75 Å². The molecule has 1 rings (SSSR count). The highest BCUT2D eigenvalue weighted by Crippen LogP contribution is 2.33. The van der Waals surface area contributed by atoms with Crippen LogP contribution in [0, 0.1) is 0 Å². The molecule has 7 nitrogen and oxygen atoms in total. The van der Waals surface area contributed by atoms with Crippen LogP contribution < -0.4 is 21.1 Å². The number of anilines is 3. The van der Waals surface area contributed by atoms with E-state index in [0.29, 0.717) is 17.1 Å². The molecule has 7 heteroatoms. The van der Waals surface area contributed by atoms with Gasteiger partial charge in [0.05, 0.1) is 24.2 Å². The molecule has 0 aliphatic heterocycles. The molecule has 0 unspecified atom stereocenters. The van der Waals surface area contributed by atoms with E-state index in [-0.39, 0.29) is 0 Å². The number of hydrogen-bond donors (Lipinski definition) is 3. The predicted molar refractivity (Wildman–Crippen MR) is 98.9 cm³/mol. The van der Waals surface area contributed by atoms with Gasteiger partial charge in [-0.25, -0.2) is 4.79 Å². The maximum absolute atomic E-state index is 11.9. The zero-order valence-corrected chi connectivity index (χ0v) is 15.5. The fourth-order valence-electron chi connectivity index (χ4n) is 2.05. The van der Waals surface area contributed by atoms with Gasteiger partial charge >= 0.3 is 6.09 Å². The van der Waals surface area contributed by atoms with Crippen LogP contribution in [0.1, 0.15) is 27.2 Å². The van der Waals surface area contributed by atoms with Gasteiger partial charge < -0.3 is 25.4 Å². The van der Waals surface area contributed by atoms with Crippen LogP contribution in [-0.4, -0.2) is 50.9 Å². The molecule has 0 atom stereocenters. The molecule has 1 aromatic rings. The smallest absolute Gasteiger partial charge is 0.412 e. The molecule has 0 saturated heterocycles. The number of rotatable bonds is 7. The summed E-state index contributed by atoms with van der Waals surface area (Å²) in [6, 6.07) is 3.44. The average Bonchev–Trinajstić information content (AvgIpc) is 2.43. The van der Waals surface area contributed by atoms with E-state index in [1.165, 1.54) is 0 Å². The Morgan fingerprint density at radius 1 is 1.25 bits per heavy atom. The minimum Gasteiger partial charge on any atom is -0.494 e. The molecule has 4 N–H and O–H groups in total. The highest BCUT2D eigenvalue weighted by Gasteiger charge is 2.18. The second kappa shape index (κ2) is 8.63. The van der Waals surface area contributed by atoms with Crippen LogP contribution in [-0.2, 0) is 4.74 Å². The molecule has 0 saturated carbocycles. The Bertz CT molecular complexity index is 554. The lowest BCUT2D eigenvalue weighted by Gasteiger charge is -2.21. The van der Waals surface area contributed by atoms with E-state index >= 15 is 0 Å². The van der Waals surface area contributed by atoms with Crippen molar-refractivity contribution in [3.63, 3.8) is 0 Å². The Morgan fingerprint density at radius 3 is 2.46 bits per heavy atom. The second-order valence-electron chi connectivity index (χ2n) is 6.85. The van der Waals surface area contributed by atoms with Gasteiger partial charge in [-0.15, -0.1) is 0 Å². The molecule has 0 radical (unpaired) electrons. The molecule has 0 aliphatic carbocycles. The Morgan fingerprint density at radius 2 is 1.92 bits per heavy atom. The molecule has 1 amide bonds. The van der Waals surface area contributed by atoms with Gasteiger partial charge in [-0.2, -0.15) is 0 Å². The summed E-state index contributed by atoms with van der Waals surface area (Å²) in [5.74, 6) is 0.519. The Balaban J connectivity index is 2.78. The Hall–Kier alpha value is -2.15. The van der Waals surface area contributed by atoms with Crippen LogP contribution in [0.2, 0.25) is 0 Å². The largest absolute Gasteiger partial charge is 0.494 e. The minimum atomic E-state index is -0.573. The Labute approximate surface area is 144 Å². The third-order valence-corrected chi connectivity index (χ3v) is 3.10. The zero-order chi connectivity index (χ0) is 18.3. The van der Waals surface area contributed by atoms with Crippen molar-refractivity contribution in [3.8, 4) is 5.75 Å². The Kier molecular flexibility index (Phi) is 7.16. The molecule has 0 heterocycles. The van der Waals surface area contributed by atoms with Gasteiger partial charge in [0.15, 0.2) is 0 Å². The lowest BCUT2D eigenvalue weighted by Crippen LogP contribution is -2.27. The van der Waals surface area contributed by atoms with Crippen molar-refractivity contribution >= 4 is 23.2 Å². The van der Waals surface area contributed by atoms with Crippen molar-refractivity contribution in [1.29, 1.82) is 0 Å². The summed E-state index contributed by atoms with van der Waals surface area (Å²) in [7, 11) is 5.62. The van der Waals surface area contributed by atoms with Gasteiger partial charge in [-0.1, -0.05) is 0 Å². The summed E-state index contributed by atoms with van der Waals surface area (Å²) in [4.78, 5) is 14.0. The zero-order valence-electron chi connectivity index (χ0n) is 15.5. The van der Waals surface area contributed by atoms with Gasteiger partial charge in [-0.05, 0) is 53.9 Å². The number of ether oxygens (including phenoxy) is 2. The van der Waals surface area contributed by atoms with Gasteiger partial charge in [0.25, 0.3) is 0 Å². The third-order valence-electron chi connectivity index (χ3n) is 3.10. The van der Waals surface area contributed by atoms with Crippen LogP contribution >= 0.6 is 0 Å².